The molecule has 0 saturated carbocycles. The second kappa shape index (κ2) is 17.3. The summed E-state index contributed by atoms with van der Waals surface area (Å²) in [4.78, 5) is 12.2. The molecule has 2 aliphatic heterocycles. The van der Waals surface area contributed by atoms with E-state index in [0.29, 0.717) is 28.9 Å². The third-order valence-corrected chi connectivity index (χ3v) is 16.6. The molecule has 4 aromatic rings. The van der Waals surface area contributed by atoms with Crippen molar-refractivity contribution in [1.29, 1.82) is 0 Å². The zero-order valence-corrected chi connectivity index (χ0v) is 35.4. The average molecular weight is 700 g/mol. The van der Waals surface area contributed by atoms with Crippen LogP contribution in [0.3, 0.4) is 0 Å². The van der Waals surface area contributed by atoms with Crippen LogP contribution >= 0.6 is 15.8 Å². The van der Waals surface area contributed by atoms with Crippen molar-refractivity contribution in [3.8, 4) is 11.4 Å². The fraction of sp³-hybridized carbons (Fsp3) is 0.462. The van der Waals surface area contributed by atoms with Gasteiger partial charge in [0, 0.05) is 48.2 Å². The molecule has 250 valence electrons. The Morgan fingerprint density at radius 3 is 1.23 bits per heavy atom. The second-order valence-corrected chi connectivity index (χ2v) is 22.0. The summed E-state index contributed by atoms with van der Waals surface area (Å²) in [5.41, 5.74) is 7.13. The average Bonchev–Trinajstić information content (AvgIpc) is 3.68. The van der Waals surface area contributed by atoms with Crippen molar-refractivity contribution in [2.75, 3.05) is 7.05 Å². The molecule has 2 aromatic carbocycles. The molecule has 0 aliphatic carbocycles. The molecule has 47 heavy (non-hydrogen) atoms. The number of carbonyl (C=O) groups excluding carboxylic acids is 1. The predicted molar refractivity (Wildman–Crippen MR) is 201 cm³/mol. The minimum atomic E-state index is -0.447. The van der Waals surface area contributed by atoms with Gasteiger partial charge in [0.25, 0.3) is 0 Å². The number of carbonyl (C=O) groups is 1. The molecule has 2 aliphatic rings. The minimum Gasteiger partial charge on any atom is -0.870 e. The number of nitrogens with zero attached hydrogens (tertiary/aromatic N) is 2. The number of nitrogens with two attached hydrogens (primary N) is 1. The van der Waals surface area contributed by atoms with E-state index in [1.54, 1.807) is 5.30 Å². The number of Topliss-reactive ketones (excluding diaryl/α,β-unsaturated/α-hetero) is 1. The summed E-state index contributed by atoms with van der Waals surface area (Å²) in [6.45, 7) is 19.0. The molecule has 2 saturated heterocycles. The van der Waals surface area contributed by atoms with Crippen LogP contribution in [-0.2, 0) is 4.79 Å². The van der Waals surface area contributed by atoms with E-state index < -0.39 is 7.92 Å². The molecule has 8 heteroatoms. The van der Waals surface area contributed by atoms with Crippen LogP contribution in [0.1, 0.15) is 87.5 Å². The minimum absolute atomic E-state index is 0. The first-order chi connectivity index (χ1) is 21.2. The number of hydrogen-bond donors (Lipinski definition) is 1. The molecule has 5 nitrogen and oxygen atoms in total. The molecule has 4 heterocycles. The van der Waals surface area contributed by atoms with Crippen LogP contribution in [0.4, 0.5) is 0 Å². The van der Waals surface area contributed by atoms with Crippen molar-refractivity contribution < 1.29 is 61.7 Å². The molecular formula is C39H56KN3O2P2. The predicted octanol–water partition coefficient (Wildman–Crippen LogP) is 6.23. The Balaban J connectivity index is 0.000000299. The molecule has 2 aromatic heterocycles. The molecule has 0 radical (unpaired) electrons. The first kappa shape index (κ1) is 42.3. The quantitative estimate of drug-likeness (QED) is 0.203. The Morgan fingerprint density at radius 1 is 0.553 bits per heavy atom. The fourth-order valence-electron chi connectivity index (χ4n) is 8.04. The van der Waals surface area contributed by atoms with Crippen LogP contribution in [0.5, 0.6) is 0 Å². The first-order valence-corrected chi connectivity index (χ1v) is 19.1. The van der Waals surface area contributed by atoms with Crippen molar-refractivity contribution in [1.82, 2.24) is 9.13 Å². The smallest absolute Gasteiger partial charge is 0.870 e. The molecule has 2 fully saturated rings. The maximum absolute atomic E-state index is 12.2. The molecule has 3 N–H and O–H groups in total. The number of benzene rings is 2. The van der Waals surface area contributed by atoms with E-state index in [4.69, 9.17) is 0 Å². The van der Waals surface area contributed by atoms with Gasteiger partial charge in [-0.2, -0.15) is 0 Å². The molecule has 0 atom stereocenters. The largest absolute Gasteiger partial charge is 1.00 e. The van der Waals surface area contributed by atoms with E-state index in [1.165, 1.54) is 43.0 Å². The molecular weight excluding hydrogens is 643 g/mol. The summed E-state index contributed by atoms with van der Waals surface area (Å²) >= 11 is 0. The van der Waals surface area contributed by atoms with Crippen molar-refractivity contribution in [2.45, 2.75) is 108 Å². The van der Waals surface area contributed by atoms with Crippen molar-refractivity contribution in [3.05, 3.63) is 97.6 Å². The Labute approximate surface area is 329 Å². The van der Waals surface area contributed by atoms with E-state index >= 15 is 0 Å². The summed E-state index contributed by atoms with van der Waals surface area (Å²) in [6, 6.07) is 26.1. The van der Waals surface area contributed by atoms with Crippen LogP contribution in [0.2, 0.25) is 0 Å². The van der Waals surface area contributed by atoms with Gasteiger partial charge in [0.2, 0.25) is 0 Å². The molecule has 0 bridgehead atoms. The van der Waals surface area contributed by atoms with Gasteiger partial charge in [0.1, 0.15) is 5.78 Å². The molecule has 0 amide bonds. The van der Waals surface area contributed by atoms with Gasteiger partial charge in [-0.15, -0.1) is 0 Å². The van der Waals surface area contributed by atoms with Gasteiger partial charge >= 0.3 is 51.4 Å². The van der Waals surface area contributed by atoms with Gasteiger partial charge in [0.05, 0.1) is 11.4 Å². The van der Waals surface area contributed by atoms with Gasteiger partial charge in [0.15, 0.2) is 0 Å². The standard InChI is InChI=1S/C19H24NOP.C19H26NP.CH5N.K.H2O/c1-18(2)13-15(21)14-19(3,4)22(18)17-10-6-5-9-16(17)20-11-7-8-12-20;1-18(2)12-9-13-19(3,4)21(18)17-11-6-5-10-16(17)20-14-7-8-15-20;1-2;;/h5-12H,13-14H2,1-4H3;5-8,10-11,14-15H,9,12-13H2,1-4H3;2H2,1H3;;1H2/q;;;+1;/p-1. The van der Waals surface area contributed by atoms with Gasteiger partial charge in [-0.1, -0.05) is 114 Å². The molecule has 0 spiro atoms. The Hall–Kier alpha value is -0.914. The Kier molecular flexibility index (Phi) is 15.6. The number of rotatable bonds is 4. The maximum Gasteiger partial charge on any atom is 1.00 e. The van der Waals surface area contributed by atoms with Crippen LogP contribution in [-0.4, -0.2) is 48.1 Å². The van der Waals surface area contributed by atoms with E-state index in [-0.39, 0.29) is 75.1 Å². The summed E-state index contributed by atoms with van der Waals surface area (Å²) in [7, 11) is 0.853. The zero-order valence-electron chi connectivity index (χ0n) is 30.5. The topological polar surface area (TPSA) is 83.0 Å². The van der Waals surface area contributed by atoms with E-state index in [2.05, 4.69) is 168 Å². The number of aromatic nitrogens is 2. The Bertz CT molecular complexity index is 1510. The van der Waals surface area contributed by atoms with Crippen LogP contribution in [0, 0.1) is 0 Å². The molecule has 6 rings (SSSR count). The van der Waals surface area contributed by atoms with Crippen molar-refractivity contribution >= 4 is 32.2 Å². The van der Waals surface area contributed by atoms with Crippen LogP contribution in [0.15, 0.2) is 97.6 Å². The maximum atomic E-state index is 12.2. The van der Waals surface area contributed by atoms with E-state index in [0.717, 1.165) is 0 Å². The van der Waals surface area contributed by atoms with Gasteiger partial charge in [-0.25, -0.2) is 0 Å². The van der Waals surface area contributed by atoms with Gasteiger partial charge in [-0.3, -0.25) is 4.79 Å². The van der Waals surface area contributed by atoms with E-state index in [1.807, 2.05) is 0 Å². The number of para-hydroxylation sites is 2. The van der Waals surface area contributed by atoms with Crippen molar-refractivity contribution in [3.63, 3.8) is 0 Å². The first-order valence-electron chi connectivity index (χ1n) is 16.4. The Morgan fingerprint density at radius 2 is 0.872 bits per heavy atom. The van der Waals surface area contributed by atoms with Gasteiger partial charge < -0.3 is 20.3 Å². The molecule has 0 unspecified atom stereocenters. The van der Waals surface area contributed by atoms with E-state index in [9.17, 15) is 4.79 Å². The second-order valence-electron chi connectivity index (χ2n) is 14.8. The summed E-state index contributed by atoms with van der Waals surface area (Å²) < 4.78 is 4.47. The monoisotopic (exact) mass is 699 g/mol. The normalized spacial score (nSPS) is 19.5. The SMILES string of the molecule is CC1(C)CC(=O)CC(C)(C)P1c1ccccc1-n1cccc1.CC1(C)CCCC(C)(C)P1c1ccccc1-n1cccc1.CN.[K+].[OH-]. The van der Waals surface area contributed by atoms with Gasteiger partial charge in [-0.05, 0) is 76.9 Å². The van der Waals surface area contributed by atoms with Crippen LogP contribution < -0.4 is 67.7 Å². The third-order valence-electron chi connectivity index (χ3n) is 9.27. The van der Waals surface area contributed by atoms with Crippen molar-refractivity contribution in [2.24, 2.45) is 5.73 Å². The summed E-state index contributed by atoms with van der Waals surface area (Å²) in [5.74, 6) is 0.409. The fourth-order valence-corrected chi connectivity index (χ4v) is 16.7. The summed E-state index contributed by atoms with van der Waals surface area (Å²) in [6.07, 6.45) is 14.0. The summed E-state index contributed by atoms with van der Waals surface area (Å²) in [5, 5.41) is 3.89. The zero-order chi connectivity index (χ0) is 33.0. The number of ketones is 1. The van der Waals surface area contributed by atoms with Crippen LogP contribution in [0.25, 0.3) is 11.4 Å². The number of hydrogen-bond acceptors (Lipinski definition) is 3. The third kappa shape index (κ3) is 9.66.